The Labute approximate surface area is 120 Å². The van der Waals surface area contributed by atoms with Gasteiger partial charge in [0.05, 0.1) is 6.61 Å². The molecule has 0 amide bonds. The first-order valence-electron chi connectivity index (χ1n) is 7.57. The van der Waals surface area contributed by atoms with E-state index in [4.69, 9.17) is 4.74 Å². The molecule has 0 unspecified atom stereocenters. The lowest BCUT2D eigenvalue weighted by Gasteiger charge is -2.37. The highest BCUT2D eigenvalue weighted by Gasteiger charge is 2.31. The van der Waals surface area contributed by atoms with Gasteiger partial charge in [0.15, 0.2) is 0 Å². The van der Waals surface area contributed by atoms with Gasteiger partial charge in [0.1, 0.15) is 12.1 Å². The van der Waals surface area contributed by atoms with Gasteiger partial charge < -0.3 is 15.2 Å². The first-order valence-corrected chi connectivity index (χ1v) is 7.57. The Morgan fingerprint density at radius 1 is 1.30 bits per heavy atom. The lowest BCUT2D eigenvalue weighted by molar-refractivity contribution is 0.141. The van der Waals surface area contributed by atoms with E-state index >= 15 is 0 Å². The van der Waals surface area contributed by atoms with E-state index in [1.54, 1.807) is 0 Å². The Kier molecular flexibility index (Phi) is 5.59. The number of aliphatic hydroxyl groups excluding tert-OH is 1. The van der Waals surface area contributed by atoms with E-state index in [0.717, 1.165) is 18.8 Å². The summed E-state index contributed by atoms with van der Waals surface area (Å²) in [4.78, 5) is 8.30. The molecule has 2 N–H and O–H groups in total. The summed E-state index contributed by atoms with van der Waals surface area (Å²) < 4.78 is 5.38. The van der Waals surface area contributed by atoms with Crippen LogP contribution in [0.4, 0.5) is 5.82 Å². The Bertz CT molecular complexity index is 400. The van der Waals surface area contributed by atoms with Crippen molar-refractivity contribution >= 4 is 5.82 Å². The zero-order valence-electron chi connectivity index (χ0n) is 12.3. The number of anilines is 1. The number of nitrogens with zero attached hydrogens (tertiary/aromatic N) is 2. The van der Waals surface area contributed by atoms with Crippen LogP contribution in [0.3, 0.4) is 0 Å². The summed E-state index contributed by atoms with van der Waals surface area (Å²) in [5.74, 6) is 1.40. The summed E-state index contributed by atoms with van der Waals surface area (Å²) in [7, 11) is 0. The van der Waals surface area contributed by atoms with Gasteiger partial charge in [-0.3, -0.25) is 0 Å². The van der Waals surface area contributed by atoms with Gasteiger partial charge in [0.25, 0.3) is 0 Å². The van der Waals surface area contributed by atoms with Crippen molar-refractivity contribution < 1.29 is 9.84 Å². The second kappa shape index (κ2) is 7.43. The zero-order valence-corrected chi connectivity index (χ0v) is 12.3. The Hall–Kier alpha value is -1.36. The standard InChI is InChI=1S/C15H25N3O2/c1-2-20-14-10-13(17-12-18-14)16-11-15(8-9-19)6-4-3-5-7-15/h10,12,19H,2-9,11H2,1H3,(H,16,17,18). The minimum Gasteiger partial charge on any atom is -0.478 e. The number of hydrogen-bond donors (Lipinski definition) is 2. The quantitative estimate of drug-likeness (QED) is 0.803. The zero-order chi connectivity index (χ0) is 14.3. The second-order valence-corrected chi connectivity index (χ2v) is 5.56. The number of aliphatic hydroxyl groups is 1. The predicted octanol–water partition coefficient (Wildman–Crippen LogP) is 2.62. The third-order valence-corrected chi connectivity index (χ3v) is 4.14. The normalized spacial score (nSPS) is 17.7. The van der Waals surface area contributed by atoms with E-state index in [1.165, 1.54) is 38.4 Å². The van der Waals surface area contributed by atoms with Gasteiger partial charge in [-0.1, -0.05) is 19.3 Å². The molecule has 1 saturated carbocycles. The van der Waals surface area contributed by atoms with Crippen LogP contribution in [0.25, 0.3) is 0 Å². The van der Waals surface area contributed by atoms with Crippen molar-refractivity contribution in [1.29, 1.82) is 0 Å². The van der Waals surface area contributed by atoms with Crippen LogP contribution >= 0.6 is 0 Å². The van der Waals surface area contributed by atoms with E-state index in [2.05, 4.69) is 15.3 Å². The van der Waals surface area contributed by atoms with E-state index in [0.29, 0.717) is 12.5 Å². The molecule has 112 valence electrons. The molecule has 1 aliphatic rings. The number of aromatic nitrogens is 2. The lowest BCUT2D eigenvalue weighted by atomic mass is 9.72. The minimum atomic E-state index is 0.212. The highest BCUT2D eigenvalue weighted by molar-refractivity contribution is 5.37. The number of rotatable bonds is 7. The minimum absolute atomic E-state index is 0.212. The smallest absolute Gasteiger partial charge is 0.218 e. The van der Waals surface area contributed by atoms with Crippen LogP contribution in [-0.2, 0) is 0 Å². The van der Waals surface area contributed by atoms with Crippen molar-refractivity contribution in [2.24, 2.45) is 5.41 Å². The molecule has 2 rings (SSSR count). The van der Waals surface area contributed by atoms with Crippen LogP contribution in [0.2, 0.25) is 0 Å². The fraction of sp³-hybridized carbons (Fsp3) is 0.733. The Morgan fingerprint density at radius 2 is 2.10 bits per heavy atom. The topological polar surface area (TPSA) is 67.3 Å². The molecule has 1 fully saturated rings. The molecular formula is C15H25N3O2. The van der Waals surface area contributed by atoms with E-state index in [-0.39, 0.29) is 12.0 Å². The molecule has 5 heteroatoms. The molecule has 0 bridgehead atoms. The molecule has 1 heterocycles. The van der Waals surface area contributed by atoms with Crippen LogP contribution in [0.5, 0.6) is 5.88 Å². The van der Waals surface area contributed by atoms with Gasteiger partial charge in [0, 0.05) is 19.2 Å². The fourth-order valence-electron chi connectivity index (χ4n) is 3.00. The molecule has 0 aliphatic heterocycles. The first kappa shape index (κ1) is 15.0. The van der Waals surface area contributed by atoms with Crippen molar-refractivity contribution in [1.82, 2.24) is 9.97 Å². The maximum atomic E-state index is 9.32. The first-order chi connectivity index (χ1) is 9.78. The highest BCUT2D eigenvalue weighted by Crippen LogP contribution is 2.39. The van der Waals surface area contributed by atoms with E-state index in [1.807, 2.05) is 13.0 Å². The van der Waals surface area contributed by atoms with Crippen LogP contribution in [0.15, 0.2) is 12.4 Å². The Balaban J connectivity index is 1.96. The fourth-order valence-corrected chi connectivity index (χ4v) is 3.00. The maximum absolute atomic E-state index is 9.32. The second-order valence-electron chi connectivity index (χ2n) is 5.56. The van der Waals surface area contributed by atoms with E-state index < -0.39 is 0 Å². The summed E-state index contributed by atoms with van der Waals surface area (Å²) >= 11 is 0. The molecule has 1 aliphatic carbocycles. The van der Waals surface area contributed by atoms with Crippen molar-refractivity contribution in [2.75, 3.05) is 25.1 Å². The molecule has 1 aromatic rings. The van der Waals surface area contributed by atoms with Crippen LogP contribution in [0, 0.1) is 5.41 Å². The van der Waals surface area contributed by atoms with Crippen molar-refractivity contribution in [3.05, 3.63) is 12.4 Å². The van der Waals surface area contributed by atoms with Gasteiger partial charge in [-0.25, -0.2) is 9.97 Å². The highest BCUT2D eigenvalue weighted by atomic mass is 16.5. The van der Waals surface area contributed by atoms with Gasteiger partial charge >= 0.3 is 0 Å². The molecular weight excluding hydrogens is 254 g/mol. The monoisotopic (exact) mass is 279 g/mol. The third-order valence-electron chi connectivity index (χ3n) is 4.14. The molecule has 5 nitrogen and oxygen atoms in total. The van der Waals surface area contributed by atoms with Crippen molar-refractivity contribution in [3.8, 4) is 5.88 Å². The lowest BCUT2D eigenvalue weighted by Crippen LogP contribution is -2.33. The molecule has 0 saturated heterocycles. The molecule has 0 atom stereocenters. The van der Waals surface area contributed by atoms with Gasteiger partial charge in [-0.05, 0) is 31.6 Å². The SMILES string of the molecule is CCOc1cc(NCC2(CCO)CCCCC2)ncn1. The van der Waals surface area contributed by atoms with Crippen LogP contribution in [0.1, 0.15) is 45.4 Å². The summed E-state index contributed by atoms with van der Waals surface area (Å²) in [6.45, 7) is 3.66. The average Bonchev–Trinajstić information content (AvgIpc) is 2.47. The molecule has 0 spiro atoms. The molecule has 1 aromatic heterocycles. The van der Waals surface area contributed by atoms with Gasteiger partial charge in [0.2, 0.25) is 5.88 Å². The van der Waals surface area contributed by atoms with Crippen LogP contribution in [-0.4, -0.2) is 34.8 Å². The number of ether oxygens (including phenoxy) is 1. The average molecular weight is 279 g/mol. The summed E-state index contributed by atoms with van der Waals surface area (Å²) in [6, 6.07) is 1.83. The molecule has 0 radical (unpaired) electrons. The number of hydrogen-bond acceptors (Lipinski definition) is 5. The molecule has 20 heavy (non-hydrogen) atoms. The van der Waals surface area contributed by atoms with E-state index in [9.17, 15) is 5.11 Å². The largest absolute Gasteiger partial charge is 0.478 e. The molecule has 0 aromatic carbocycles. The number of nitrogens with one attached hydrogen (secondary N) is 1. The van der Waals surface area contributed by atoms with Crippen LogP contribution < -0.4 is 10.1 Å². The summed E-state index contributed by atoms with van der Waals surface area (Å²) in [5, 5.41) is 12.7. The third kappa shape index (κ3) is 4.07. The predicted molar refractivity (Wildman–Crippen MR) is 78.9 cm³/mol. The van der Waals surface area contributed by atoms with Gasteiger partial charge in [-0.15, -0.1) is 0 Å². The Morgan fingerprint density at radius 3 is 2.80 bits per heavy atom. The summed E-state index contributed by atoms with van der Waals surface area (Å²) in [6.07, 6.45) is 8.59. The summed E-state index contributed by atoms with van der Waals surface area (Å²) in [5.41, 5.74) is 0.212. The maximum Gasteiger partial charge on any atom is 0.218 e. The van der Waals surface area contributed by atoms with Crippen molar-refractivity contribution in [3.63, 3.8) is 0 Å². The van der Waals surface area contributed by atoms with Gasteiger partial charge in [-0.2, -0.15) is 0 Å². The van der Waals surface area contributed by atoms with Crippen molar-refractivity contribution in [2.45, 2.75) is 45.4 Å².